The van der Waals surface area contributed by atoms with Crippen LogP contribution in [0.15, 0.2) is 0 Å². The number of nitrogens with two attached hydrogens (primary N) is 1. The molecule has 0 rings (SSSR count). The van der Waals surface area contributed by atoms with Gasteiger partial charge in [0.15, 0.2) is 0 Å². The van der Waals surface area contributed by atoms with Crippen molar-refractivity contribution in [3.05, 3.63) is 0 Å². The van der Waals surface area contributed by atoms with Gasteiger partial charge in [0.1, 0.15) is 0 Å². The predicted molar refractivity (Wildman–Crippen MR) is 74.5 cm³/mol. The van der Waals surface area contributed by atoms with Gasteiger partial charge in [-0.05, 0) is 37.5 Å². The lowest BCUT2D eigenvalue weighted by Crippen LogP contribution is -2.18. The van der Waals surface area contributed by atoms with E-state index in [-0.39, 0.29) is 0 Å². The standard InChI is InChI=1S/C15H33N/c1-6-7-12(2)8-9-13(3)14(4)10-11-15(5)16/h12-15H,6-11,16H2,1-5H3. The van der Waals surface area contributed by atoms with Crippen LogP contribution in [0.2, 0.25) is 0 Å². The molecule has 0 saturated heterocycles. The highest BCUT2D eigenvalue weighted by Crippen LogP contribution is 2.25. The fraction of sp³-hybridized carbons (Fsp3) is 1.00. The van der Waals surface area contributed by atoms with Crippen molar-refractivity contribution in [1.82, 2.24) is 0 Å². The van der Waals surface area contributed by atoms with Gasteiger partial charge < -0.3 is 5.73 Å². The van der Waals surface area contributed by atoms with E-state index in [1.54, 1.807) is 0 Å². The van der Waals surface area contributed by atoms with Crippen LogP contribution in [0.25, 0.3) is 0 Å². The average molecular weight is 227 g/mol. The normalized spacial score (nSPS) is 19.1. The molecule has 0 aromatic rings. The molecular formula is C15H33N. The summed E-state index contributed by atoms with van der Waals surface area (Å²) in [6, 6.07) is 0.369. The van der Waals surface area contributed by atoms with E-state index >= 15 is 0 Å². The number of hydrogen-bond acceptors (Lipinski definition) is 1. The van der Waals surface area contributed by atoms with E-state index in [9.17, 15) is 0 Å². The van der Waals surface area contributed by atoms with Crippen molar-refractivity contribution in [2.24, 2.45) is 23.5 Å². The largest absolute Gasteiger partial charge is 0.328 e. The van der Waals surface area contributed by atoms with Crippen LogP contribution in [0.3, 0.4) is 0 Å². The van der Waals surface area contributed by atoms with E-state index in [1.165, 1.54) is 38.5 Å². The Balaban J connectivity index is 3.65. The number of rotatable bonds is 9. The van der Waals surface area contributed by atoms with Crippen molar-refractivity contribution in [2.45, 2.75) is 79.2 Å². The Bertz CT molecular complexity index is 154. The highest BCUT2D eigenvalue weighted by Gasteiger charge is 2.13. The topological polar surface area (TPSA) is 26.0 Å². The van der Waals surface area contributed by atoms with Gasteiger partial charge in [-0.1, -0.05) is 53.4 Å². The lowest BCUT2D eigenvalue weighted by molar-refractivity contribution is 0.302. The molecule has 1 nitrogen and oxygen atoms in total. The third-order valence-electron chi connectivity index (χ3n) is 3.95. The summed E-state index contributed by atoms with van der Waals surface area (Å²) in [7, 11) is 0. The molecule has 0 aliphatic carbocycles. The van der Waals surface area contributed by atoms with Gasteiger partial charge in [-0.2, -0.15) is 0 Å². The van der Waals surface area contributed by atoms with Crippen LogP contribution in [0.5, 0.6) is 0 Å². The van der Waals surface area contributed by atoms with Crippen molar-refractivity contribution in [1.29, 1.82) is 0 Å². The molecule has 4 unspecified atom stereocenters. The zero-order valence-electron chi connectivity index (χ0n) is 12.1. The molecule has 0 radical (unpaired) electrons. The summed E-state index contributed by atoms with van der Waals surface area (Å²) in [5.41, 5.74) is 5.80. The Kier molecular flexibility index (Phi) is 9.02. The summed E-state index contributed by atoms with van der Waals surface area (Å²) in [6.45, 7) is 11.6. The van der Waals surface area contributed by atoms with E-state index < -0.39 is 0 Å². The maximum Gasteiger partial charge on any atom is 0.00105 e. The monoisotopic (exact) mass is 227 g/mol. The van der Waals surface area contributed by atoms with Crippen LogP contribution in [-0.2, 0) is 0 Å². The van der Waals surface area contributed by atoms with Gasteiger partial charge in [0.2, 0.25) is 0 Å². The van der Waals surface area contributed by atoms with Crippen LogP contribution in [-0.4, -0.2) is 6.04 Å². The van der Waals surface area contributed by atoms with Crippen LogP contribution in [0, 0.1) is 17.8 Å². The van der Waals surface area contributed by atoms with Crippen molar-refractivity contribution in [3.63, 3.8) is 0 Å². The third-order valence-corrected chi connectivity index (χ3v) is 3.95. The minimum Gasteiger partial charge on any atom is -0.328 e. The van der Waals surface area contributed by atoms with E-state index in [0.717, 1.165) is 17.8 Å². The molecule has 0 bridgehead atoms. The van der Waals surface area contributed by atoms with Crippen LogP contribution in [0.1, 0.15) is 73.1 Å². The minimum atomic E-state index is 0.369. The quantitative estimate of drug-likeness (QED) is 0.612. The second kappa shape index (κ2) is 9.04. The lowest BCUT2D eigenvalue weighted by atomic mass is 9.85. The SMILES string of the molecule is CCCC(C)CCC(C)C(C)CCC(C)N. The zero-order valence-corrected chi connectivity index (χ0v) is 12.1. The van der Waals surface area contributed by atoms with E-state index in [1.807, 2.05) is 0 Å². The maximum absolute atomic E-state index is 5.80. The van der Waals surface area contributed by atoms with Crippen molar-refractivity contribution >= 4 is 0 Å². The first-order valence-corrected chi connectivity index (χ1v) is 7.22. The van der Waals surface area contributed by atoms with Gasteiger partial charge in [-0.25, -0.2) is 0 Å². The predicted octanol–water partition coefficient (Wildman–Crippen LogP) is 4.60. The highest BCUT2D eigenvalue weighted by atomic mass is 14.6. The molecule has 4 atom stereocenters. The average Bonchev–Trinajstić information content (AvgIpc) is 2.22. The van der Waals surface area contributed by atoms with Gasteiger partial charge in [0, 0.05) is 6.04 Å². The first-order valence-electron chi connectivity index (χ1n) is 7.22. The molecule has 0 aliphatic heterocycles. The van der Waals surface area contributed by atoms with E-state index in [4.69, 9.17) is 5.73 Å². The third kappa shape index (κ3) is 8.15. The summed E-state index contributed by atoms with van der Waals surface area (Å²) >= 11 is 0. The minimum absolute atomic E-state index is 0.369. The highest BCUT2D eigenvalue weighted by molar-refractivity contribution is 4.66. The summed E-state index contributed by atoms with van der Waals surface area (Å²) in [5.74, 6) is 2.60. The molecule has 1 heteroatoms. The summed E-state index contributed by atoms with van der Waals surface area (Å²) in [6.07, 6.45) is 7.98. The van der Waals surface area contributed by atoms with Gasteiger partial charge in [0.25, 0.3) is 0 Å². The summed E-state index contributed by atoms with van der Waals surface area (Å²) in [5, 5.41) is 0. The molecule has 98 valence electrons. The lowest BCUT2D eigenvalue weighted by Gasteiger charge is -2.22. The Morgan fingerprint density at radius 2 is 1.25 bits per heavy atom. The molecule has 0 aliphatic rings. The summed E-state index contributed by atoms with van der Waals surface area (Å²) < 4.78 is 0. The zero-order chi connectivity index (χ0) is 12.6. The molecule has 0 heterocycles. The Morgan fingerprint density at radius 1 is 0.750 bits per heavy atom. The Hall–Kier alpha value is -0.0400. The smallest absolute Gasteiger partial charge is 0.00105 e. The molecule has 0 saturated carbocycles. The van der Waals surface area contributed by atoms with Gasteiger partial charge in [-0.15, -0.1) is 0 Å². The van der Waals surface area contributed by atoms with Gasteiger partial charge >= 0.3 is 0 Å². The second-order valence-electron chi connectivity index (χ2n) is 5.98. The fourth-order valence-electron chi connectivity index (χ4n) is 2.28. The molecule has 0 spiro atoms. The second-order valence-corrected chi connectivity index (χ2v) is 5.98. The fourth-order valence-corrected chi connectivity index (χ4v) is 2.28. The van der Waals surface area contributed by atoms with Crippen molar-refractivity contribution in [2.75, 3.05) is 0 Å². The molecule has 0 fully saturated rings. The van der Waals surface area contributed by atoms with Crippen LogP contribution < -0.4 is 5.73 Å². The van der Waals surface area contributed by atoms with E-state index in [2.05, 4.69) is 34.6 Å². The molecule has 2 N–H and O–H groups in total. The van der Waals surface area contributed by atoms with Gasteiger partial charge in [0.05, 0.1) is 0 Å². The van der Waals surface area contributed by atoms with E-state index in [0.29, 0.717) is 6.04 Å². The molecule has 16 heavy (non-hydrogen) atoms. The Morgan fingerprint density at radius 3 is 1.69 bits per heavy atom. The molecular weight excluding hydrogens is 194 g/mol. The van der Waals surface area contributed by atoms with Crippen molar-refractivity contribution in [3.8, 4) is 0 Å². The van der Waals surface area contributed by atoms with Gasteiger partial charge in [-0.3, -0.25) is 0 Å². The molecule has 0 amide bonds. The maximum atomic E-state index is 5.80. The Labute approximate surface area is 103 Å². The molecule has 0 aromatic heterocycles. The number of hydrogen-bond donors (Lipinski definition) is 1. The van der Waals surface area contributed by atoms with Crippen LogP contribution in [0.4, 0.5) is 0 Å². The first kappa shape index (κ1) is 16.0. The van der Waals surface area contributed by atoms with Crippen LogP contribution >= 0.6 is 0 Å². The first-order chi connectivity index (χ1) is 7.47. The summed E-state index contributed by atoms with van der Waals surface area (Å²) in [4.78, 5) is 0. The molecule has 0 aromatic carbocycles. The van der Waals surface area contributed by atoms with Crippen molar-refractivity contribution < 1.29 is 0 Å².